The van der Waals surface area contributed by atoms with E-state index in [0.717, 1.165) is 23.3 Å². The number of thioether (sulfide) groups is 1. The number of fused-ring (bicyclic) bond motifs is 1. The molecule has 0 radical (unpaired) electrons. The highest BCUT2D eigenvalue weighted by Gasteiger charge is 2.22. The van der Waals surface area contributed by atoms with Crippen LogP contribution in [0.25, 0.3) is 0 Å². The van der Waals surface area contributed by atoms with Crippen molar-refractivity contribution in [1.29, 1.82) is 0 Å². The van der Waals surface area contributed by atoms with E-state index in [1.807, 2.05) is 36.9 Å². The molecule has 1 aliphatic rings. The third kappa shape index (κ3) is 3.25. The molecule has 1 N–H and O–H groups in total. The summed E-state index contributed by atoms with van der Waals surface area (Å²) in [6.07, 6.45) is 0.546. The molecule has 1 heterocycles. The number of benzene rings is 2. The first-order chi connectivity index (χ1) is 10.1. The summed E-state index contributed by atoms with van der Waals surface area (Å²) in [5.41, 5.74) is 3.42. The molecule has 2 aromatic carbocycles. The van der Waals surface area contributed by atoms with Crippen LogP contribution in [0.15, 0.2) is 47.4 Å². The molecule has 0 saturated heterocycles. The van der Waals surface area contributed by atoms with Crippen LogP contribution in [0.1, 0.15) is 29.7 Å². The van der Waals surface area contributed by atoms with Gasteiger partial charge in [0, 0.05) is 15.7 Å². The Morgan fingerprint density at radius 3 is 2.86 bits per heavy atom. The predicted molar refractivity (Wildman–Crippen MR) is 87.1 cm³/mol. The summed E-state index contributed by atoms with van der Waals surface area (Å²) < 4.78 is 5.99. The molecule has 2 atom stereocenters. The molecule has 3 heteroatoms. The second kappa shape index (κ2) is 6.12. The molecule has 0 bridgehead atoms. The molecular weight excluding hydrogens is 280 g/mol. The third-order valence-corrected chi connectivity index (χ3v) is 5.04. The Bertz CT molecular complexity index is 612. The summed E-state index contributed by atoms with van der Waals surface area (Å²) in [5, 5.41) is 10.3. The minimum atomic E-state index is -0.506. The van der Waals surface area contributed by atoms with Crippen LogP contribution in [0.3, 0.4) is 0 Å². The first-order valence-corrected chi connectivity index (χ1v) is 8.17. The average molecular weight is 300 g/mol. The summed E-state index contributed by atoms with van der Waals surface area (Å²) in [6, 6.07) is 14.5. The van der Waals surface area contributed by atoms with E-state index in [4.69, 9.17) is 4.74 Å². The van der Waals surface area contributed by atoms with Crippen LogP contribution in [0.5, 0.6) is 5.75 Å². The van der Waals surface area contributed by atoms with Crippen LogP contribution in [0, 0.1) is 6.92 Å². The van der Waals surface area contributed by atoms with E-state index in [2.05, 4.69) is 24.3 Å². The molecule has 0 aromatic heterocycles. The van der Waals surface area contributed by atoms with E-state index in [1.165, 1.54) is 10.5 Å². The summed E-state index contributed by atoms with van der Waals surface area (Å²) >= 11 is 1.89. The van der Waals surface area contributed by atoms with Crippen molar-refractivity contribution in [2.75, 3.05) is 6.61 Å². The third-order valence-electron chi connectivity index (χ3n) is 3.75. The van der Waals surface area contributed by atoms with Crippen molar-refractivity contribution < 1.29 is 9.84 Å². The molecule has 110 valence electrons. The van der Waals surface area contributed by atoms with E-state index in [-0.39, 0.29) is 0 Å². The van der Waals surface area contributed by atoms with E-state index >= 15 is 0 Å². The fourth-order valence-corrected chi connectivity index (χ4v) is 3.87. The standard InChI is InChI=1S/C18H20O2S/c1-12-7-8-17(16(9-12)13(2)19)20-11-15-10-14-5-3-4-6-18(14)21-15/h3-9,13,15,19H,10-11H2,1-2H3/t13-,15?/m1/s1. The van der Waals surface area contributed by atoms with Gasteiger partial charge in [0.25, 0.3) is 0 Å². The Labute approximate surface area is 130 Å². The van der Waals surface area contributed by atoms with Gasteiger partial charge in [0.2, 0.25) is 0 Å². The normalized spacial score (nSPS) is 18.3. The van der Waals surface area contributed by atoms with Gasteiger partial charge in [0.05, 0.1) is 6.10 Å². The molecule has 1 aliphatic heterocycles. The van der Waals surface area contributed by atoms with E-state index < -0.39 is 6.10 Å². The number of aryl methyl sites for hydroxylation is 1. The summed E-state index contributed by atoms with van der Waals surface area (Å²) in [4.78, 5) is 1.37. The van der Waals surface area contributed by atoms with Gasteiger partial charge in [-0.1, -0.05) is 29.8 Å². The Kier molecular flexibility index (Phi) is 4.22. The maximum Gasteiger partial charge on any atom is 0.125 e. The lowest BCUT2D eigenvalue weighted by atomic mass is 10.1. The summed E-state index contributed by atoms with van der Waals surface area (Å²) in [7, 11) is 0. The van der Waals surface area contributed by atoms with Gasteiger partial charge in [-0.05, 0) is 44.0 Å². The number of aliphatic hydroxyl groups excluding tert-OH is 1. The van der Waals surface area contributed by atoms with Gasteiger partial charge < -0.3 is 9.84 Å². The lowest BCUT2D eigenvalue weighted by molar-refractivity contribution is 0.191. The van der Waals surface area contributed by atoms with E-state index in [0.29, 0.717) is 11.9 Å². The van der Waals surface area contributed by atoms with Crippen molar-refractivity contribution >= 4 is 11.8 Å². The number of ether oxygens (including phenoxy) is 1. The van der Waals surface area contributed by atoms with E-state index in [1.54, 1.807) is 6.92 Å². The van der Waals surface area contributed by atoms with Crippen LogP contribution in [-0.4, -0.2) is 17.0 Å². The largest absolute Gasteiger partial charge is 0.492 e. The van der Waals surface area contributed by atoms with Gasteiger partial charge in [-0.25, -0.2) is 0 Å². The molecular formula is C18H20O2S. The molecule has 0 aliphatic carbocycles. The molecule has 0 saturated carbocycles. The Morgan fingerprint density at radius 2 is 2.10 bits per heavy atom. The highest BCUT2D eigenvalue weighted by Crippen LogP contribution is 2.37. The fourth-order valence-electron chi connectivity index (χ4n) is 2.66. The first kappa shape index (κ1) is 14.5. The van der Waals surface area contributed by atoms with Gasteiger partial charge in [0.1, 0.15) is 12.4 Å². The number of hydrogen-bond donors (Lipinski definition) is 1. The van der Waals surface area contributed by atoms with Gasteiger partial charge in [-0.2, -0.15) is 0 Å². The monoisotopic (exact) mass is 300 g/mol. The zero-order valence-corrected chi connectivity index (χ0v) is 13.2. The minimum Gasteiger partial charge on any atom is -0.492 e. The molecule has 0 fully saturated rings. The quantitative estimate of drug-likeness (QED) is 0.920. The van der Waals surface area contributed by atoms with E-state index in [9.17, 15) is 5.11 Å². The average Bonchev–Trinajstić information content (AvgIpc) is 2.88. The SMILES string of the molecule is Cc1ccc(OCC2Cc3ccccc3S2)c([C@@H](C)O)c1. The summed E-state index contributed by atoms with van der Waals surface area (Å²) in [6.45, 7) is 4.48. The predicted octanol–water partition coefficient (Wildman–Crippen LogP) is 4.14. The highest BCUT2D eigenvalue weighted by molar-refractivity contribution is 8.00. The first-order valence-electron chi connectivity index (χ1n) is 7.29. The highest BCUT2D eigenvalue weighted by atomic mass is 32.2. The maximum atomic E-state index is 9.88. The fraction of sp³-hybridized carbons (Fsp3) is 0.333. The Balaban J connectivity index is 1.67. The molecule has 3 rings (SSSR count). The van der Waals surface area contributed by atoms with Crippen molar-refractivity contribution in [3.05, 3.63) is 59.2 Å². The van der Waals surface area contributed by atoms with Crippen LogP contribution in [0.4, 0.5) is 0 Å². The zero-order chi connectivity index (χ0) is 14.8. The van der Waals surface area contributed by atoms with Crippen molar-refractivity contribution in [3.63, 3.8) is 0 Å². The van der Waals surface area contributed by atoms with Gasteiger partial charge in [-0.3, -0.25) is 0 Å². The van der Waals surface area contributed by atoms with Crippen LogP contribution in [-0.2, 0) is 6.42 Å². The van der Waals surface area contributed by atoms with Crippen molar-refractivity contribution in [3.8, 4) is 5.75 Å². The zero-order valence-electron chi connectivity index (χ0n) is 12.4. The lowest BCUT2D eigenvalue weighted by Gasteiger charge is -2.16. The molecule has 2 nitrogen and oxygen atoms in total. The summed E-state index contributed by atoms with van der Waals surface area (Å²) in [5.74, 6) is 0.798. The van der Waals surface area contributed by atoms with Crippen molar-refractivity contribution in [1.82, 2.24) is 0 Å². The number of rotatable bonds is 4. The Hall–Kier alpha value is -1.45. The molecule has 2 aromatic rings. The van der Waals surface area contributed by atoms with Crippen LogP contribution in [0.2, 0.25) is 0 Å². The van der Waals surface area contributed by atoms with Gasteiger partial charge >= 0.3 is 0 Å². The second-order valence-electron chi connectivity index (χ2n) is 5.58. The van der Waals surface area contributed by atoms with Gasteiger partial charge in [-0.15, -0.1) is 11.8 Å². The topological polar surface area (TPSA) is 29.5 Å². The number of hydrogen-bond acceptors (Lipinski definition) is 3. The lowest BCUT2D eigenvalue weighted by Crippen LogP contribution is -2.14. The number of aliphatic hydroxyl groups is 1. The smallest absolute Gasteiger partial charge is 0.125 e. The molecule has 0 spiro atoms. The van der Waals surface area contributed by atoms with Crippen LogP contribution >= 0.6 is 11.8 Å². The minimum absolute atomic E-state index is 0.450. The van der Waals surface area contributed by atoms with Gasteiger partial charge in [0.15, 0.2) is 0 Å². The second-order valence-corrected chi connectivity index (χ2v) is 6.92. The molecule has 1 unspecified atom stereocenters. The van der Waals surface area contributed by atoms with Crippen molar-refractivity contribution in [2.45, 2.75) is 36.5 Å². The molecule has 0 amide bonds. The van der Waals surface area contributed by atoms with Crippen molar-refractivity contribution in [2.24, 2.45) is 0 Å². The molecule has 21 heavy (non-hydrogen) atoms. The van der Waals surface area contributed by atoms with Crippen LogP contribution < -0.4 is 4.74 Å². The Morgan fingerprint density at radius 1 is 1.29 bits per heavy atom. The maximum absolute atomic E-state index is 9.88.